The number of hydrogen-bond donors (Lipinski definition) is 0. The molecule has 0 heterocycles. The third-order valence-corrected chi connectivity index (χ3v) is 5.67. The first-order valence-electron chi connectivity index (χ1n) is 11.3. The molecule has 0 aliphatic heterocycles. The summed E-state index contributed by atoms with van der Waals surface area (Å²) >= 11 is 0. The van der Waals surface area contributed by atoms with Gasteiger partial charge in [-0.1, -0.05) is 6.07 Å². The predicted octanol–water partition coefficient (Wildman–Crippen LogP) is 3.98. The summed E-state index contributed by atoms with van der Waals surface area (Å²) in [6, 6.07) is 15.8. The monoisotopic (exact) mass is 524 g/mol. The van der Waals surface area contributed by atoms with E-state index in [1.165, 1.54) is 7.11 Å². The van der Waals surface area contributed by atoms with Gasteiger partial charge in [-0.3, -0.25) is 9.59 Å². The molecular formula is C27H33CoN2O5-. The van der Waals surface area contributed by atoms with E-state index in [-0.39, 0.29) is 22.9 Å². The standard InChI is InChI=1S/C27H33N2O5.Co/c1-20(2)34-26(31)27(19-28,23-8-6-9-24(17-23)32-4)13-7-14-29(3)15-12-21-10-11-22(18-30)25(16-21)33-5;/h6,8,10-11,16-18,20H,7,12-15H2,1-5H3;/q-1;. The van der Waals surface area contributed by atoms with Crippen molar-refractivity contribution < 1.29 is 40.6 Å². The van der Waals surface area contributed by atoms with Crippen LogP contribution in [0.25, 0.3) is 0 Å². The van der Waals surface area contributed by atoms with Crippen LogP contribution >= 0.6 is 0 Å². The fourth-order valence-electron chi connectivity index (χ4n) is 3.73. The molecule has 0 N–H and O–H groups in total. The van der Waals surface area contributed by atoms with Gasteiger partial charge in [-0.2, -0.15) is 17.4 Å². The minimum Gasteiger partial charge on any atom is -0.523 e. The van der Waals surface area contributed by atoms with Crippen LogP contribution in [0.2, 0.25) is 0 Å². The molecule has 2 rings (SSSR count). The molecule has 1 radical (unpaired) electrons. The van der Waals surface area contributed by atoms with Crippen LogP contribution in [0, 0.1) is 17.4 Å². The van der Waals surface area contributed by atoms with Gasteiger partial charge in [0.1, 0.15) is 5.75 Å². The molecular weight excluding hydrogens is 491 g/mol. The van der Waals surface area contributed by atoms with Crippen LogP contribution in [0.15, 0.2) is 36.4 Å². The molecule has 0 saturated carbocycles. The van der Waals surface area contributed by atoms with E-state index in [0.29, 0.717) is 42.0 Å². The quantitative estimate of drug-likeness (QED) is 0.223. The summed E-state index contributed by atoms with van der Waals surface area (Å²) in [5, 5.41) is 10.1. The van der Waals surface area contributed by atoms with Crippen molar-refractivity contribution in [2.45, 2.75) is 44.6 Å². The summed E-state index contributed by atoms with van der Waals surface area (Å²) in [6.45, 7) is 5.00. The van der Waals surface area contributed by atoms with Crippen LogP contribution in [-0.4, -0.2) is 57.6 Å². The summed E-state index contributed by atoms with van der Waals surface area (Å²) < 4.78 is 16.0. The Morgan fingerprint density at radius 1 is 1.20 bits per heavy atom. The zero-order valence-electron chi connectivity index (χ0n) is 20.9. The van der Waals surface area contributed by atoms with Gasteiger partial charge < -0.3 is 19.1 Å². The smallest absolute Gasteiger partial charge is 0.329 e. The fourth-order valence-corrected chi connectivity index (χ4v) is 3.73. The van der Waals surface area contributed by atoms with E-state index in [9.17, 15) is 14.9 Å². The number of carbonyl (C=O) groups is 2. The van der Waals surface area contributed by atoms with Gasteiger partial charge in [0.25, 0.3) is 0 Å². The van der Waals surface area contributed by atoms with Crippen LogP contribution in [0.3, 0.4) is 0 Å². The van der Waals surface area contributed by atoms with Crippen molar-refractivity contribution in [3.63, 3.8) is 0 Å². The van der Waals surface area contributed by atoms with E-state index in [4.69, 9.17) is 14.2 Å². The number of nitriles is 1. The SMILES string of the molecule is COc1[c-]ccc(C(C#N)(CCCN(C)CCc2ccc(C=O)c(OC)c2)C(=O)OC(C)C)c1.[Co]. The first kappa shape index (κ1) is 30.2. The molecule has 0 amide bonds. The summed E-state index contributed by atoms with van der Waals surface area (Å²) in [5.74, 6) is 0.471. The molecule has 1 atom stereocenters. The van der Waals surface area contributed by atoms with Crippen LogP contribution in [-0.2, 0) is 38.1 Å². The van der Waals surface area contributed by atoms with Gasteiger partial charge in [-0.25, -0.2) is 0 Å². The fraction of sp³-hybridized carbons (Fsp3) is 0.444. The van der Waals surface area contributed by atoms with Crippen molar-refractivity contribution in [2.75, 3.05) is 34.4 Å². The van der Waals surface area contributed by atoms with E-state index in [2.05, 4.69) is 17.0 Å². The first-order valence-corrected chi connectivity index (χ1v) is 11.3. The van der Waals surface area contributed by atoms with Crippen molar-refractivity contribution in [1.29, 1.82) is 5.26 Å². The molecule has 8 heteroatoms. The minimum atomic E-state index is -1.43. The van der Waals surface area contributed by atoms with Gasteiger partial charge in [-0.05, 0) is 64.4 Å². The number of esters is 1. The zero-order valence-corrected chi connectivity index (χ0v) is 22.0. The number of carbonyl (C=O) groups excluding carboxylic acids is 2. The molecule has 0 aliphatic rings. The molecule has 0 bridgehead atoms. The third-order valence-electron chi connectivity index (χ3n) is 5.67. The van der Waals surface area contributed by atoms with E-state index in [0.717, 1.165) is 24.8 Å². The van der Waals surface area contributed by atoms with Gasteiger partial charge in [-0.15, -0.1) is 17.7 Å². The Balaban J connectivity index is 0.00000612. The zero-order chi connectivity index (χ0) is 25.1. The third kappa shape index (κ3) is 8.10. The van der Waals surface area contributed by atoms with Gasteiger partial charge in [0.15, 0.2) is 11.7 Å². The largest absolute Gasteiger partial charge is 0.523 e. The topological polar surface area (TPSA) is 88.9 Å². The number of methoxy groups -OCH3 is 2. The van der Waals surface area contributed by atoms with Crippen molar-refractivity contribution >= 4 is 12.3 Å². The van der Waals surface area contributed by atoms with Gasteiger partial charge in [0.05, 0.1) is 32.0 Å². The van der Waals surface area contributed by atoms with Gasteiger partial charge in [0.2, 0.25) is 0 Å². The van der Waals surface area contributed by atoms with E-state index in [1.54, 1.807) is 45.2 Å². The van der Waals surface area contributed by atoms with Crippen molar-refractivity contribution in [3.8, 4) is 17.6 Å². The maximum Gasteiger partial charge on any atom is 0.329 e. The molecule has 191 valence electrons. The number of likely N-dealkylation sites (N-methyl/N-ethyl adjacent to an activating group) is 1. The van der Waals surface area contributed by atoms with Crippen molar-refractivity contribution in [2.24, 2.45) is 0 Å². The predicted molar refractivity (Wildman–Crippen MR) is 129 cm³/mol. The Morgan fingerprint density at radius 2 is 1.94 bits per heavy atom. The molecule has 0 spiro atoms. The number of nitrogens with zero attached hydrogens (tertiary/aromatic N) is 2. The molecule has 2 aromatic rings. The molecule has 0 fully saturated rings. The molecule has 1 unspecified atom stereocenters. The van der Waals surface area contributed by atoms with Crippen LogP contribution < -0.4 is 9.47 Å². The Morgan fingerprint density at radius 3 is 2.54 bits per heavy atom. The molecule has 0 aliphatic carbocycles. The molecule has 0 aromatic heterocycles. The summed E-state index contributed by atoms with van der Waals surface area (Å²) in [4.78, 5) is 26.3. The summed E-state index contributed by atoms with van der Waals surface area (Å²) in [6.07, 6.45) is 2.15. The van der Waals surface area contributed by atoms with Crippen LogP contribution in [0.1, 0.15) is 48.2 Å². The van der Waals surface area contributed by atoms with E-state index >= 15 is 0 Å². The normalized spacial score (nSPS) is 12.3. The van der Waals surface area contributed by atoms with E-state index in [1.807, 2.05) is 19.2 Å². The number of ether oxygens (including phenoxy) is 3. The number of hydrogen-bond acceptors (Lipinski definition) is 7. The maximum atomic E-state index is 13.1. The van der Waals surface area contributed by atoms with Gasteiger partial charge >= 0.3 is 5.97 Å². The van der Waals surface area contributed by atoms with Crippen LogP contribution in [0.4, 0.5) is 0 Å². The average Bonchev–Trinajstić information content (AvgIpc) is 2.84. The second-order valence-corrected chi connectivity index (χ2v) is 8.47. The Labute approximate surface area is 218 Å². The van der Waals surface area contributed by atoms with Gasteiger partial charge in [0, 0.05) is 29.1 Å². The molecule has 2 aromatic carbocycles. The Bertz CT molecular complexity index is 1020. The number of aldehydes is 1. The number of benzene rings is 2. The van der Waals surface area contributed by atoms with Crippen molar-refractivity contribution in [3.05, 3.63) is 59.2 Å². The molecule has 35 heavy (non-hydrogen) atoms. The van der Waals surface area contributed by atoms with Crippen molar-refractivity contribution in [1.82, 2.24) is 4.90 Å². The van der Waals surface area contributed by atoms with E-state index < -0.39 is 11.4 Å². The second kappa shape index (κ2) is 14.5. The van der Waals surface area contributed by atoms with Crippen LogP contribution in [0.5, 0.6) is 11.5 Å². The average molecular weight is 525 g/mol. The first-order chi connectivity index (χ1) is 16.3. The summed E-state index contributed by atoms with van der Waals surface area (Å²) in [5.41, 5.74) is 0.705. The number of rotatable bonds is 13. The minimum absolute atomic E-state index is 0. The summed E-state index contributed by atoms with van der Waals surface area (Å²) in [7, 11) is 5.06. The Hall–Kier alpha value is -2.86. The molecule has 0 saturated heterocycles. The second-order valence-electron chi connectivity index (χ2n) is 8.47. The maximum absolute atomic E-state index is 13.1. The Kier molecular flexibility index (Phi) is 12.5. The molecule has 7 nitrogen and oxygen atoms in total.